The molecule has 3 aromatic carbocycles. The van der Waals surface area contributed by atoms with Crippen LogP contribution in [0.2, 0.25) is 0 Å². The molecule has 4 rings (SSSR count). The van der Waals surface area contributed by atoms with Crippen molar-refractivity contribution in [1.29, 1.82) is 0 Å². The molecule has 0 spiro atoms. The molecule has 0 radical (unpaired) electrons. The molecule has 4 N–H and O–H groups in total. The van der Waals surface area contributed by atoms with E-state index >= 15 is 0 Å². The second kappa shape index (κ2) is 13.9. The third-order valence-corrected chi connectivity index (χ3v) is 6.81. The van der Waals surface area contributed by atoms with E-state index < -0.39 is 11.9 Å². The van der Waals surface area contributed by atoms with Crippen LogP contribution < -0.4 is 16.4 Å². The first-order valence-electron chi connectivity index (χ1n) is 12.8. The molecule has 1 heterocycles. The number of likely N-dealkylation sites (tertiary alicyclic amines) is 1. The number of hydrogen-bond acceptors (Lipinski definition) is 4. The van der Waals surface area contributed by atoms with Gasteiger partial charge in [0.25, 0.3) is 5.91 Å². The monoisotopic (exact) mass is 540 g/mol. The highest BCUT2D eigenvalue weighted by Crippen LogP contribution is 2.21. The lowest BCUT2D eigenvalue weighted by molar-refractivity contribution is -0.132. The van der Waals surface area contributed by atoms with Crippen LogP contribution in [0.1, 0.15) is 35.2 Å². The fraction of sp³-hybridized carbons (Fsp3) is 0.345. The van der Waals surface area contributed by atoms with Crippen LogP contribution in [0.25, 0.3) is 10.8 Å². The summed E-state index contributed by atoms with van der Waals surface area (Å²) in [5.41, 5.74) is 6.94. The topological polar surface area (TPSA) is 105 Å². The summed E-state index contributed by atoms with van der Waals surface area (Å²) in [5.74, 6) is -1.29. The zero-order chi connectivity index (χ0) is 26.2. The number of nitrogens with two attached hydrogens (primary N) is 1. The van der Waals surface area contributed by atoms with E-state index in [4.69, 9.17) is 5.73 Å². The number of nitrogens with one attached hydrogen (secondary N) is 2. The van der Waals surface area contributed by atoms with E-state index in [1.165, 1.54) is 24.3 Å². The zero-order valence-electron chi connectivity index (χ0n) is 21.2. The van der Waals surface area contributed by atoms with Crippen molar-refractivity contribution in [2.75, 3.05) is 26.2 Å². The summed E-state index contributed by atoms with van der Waals surface area (Å²) in [6, 6.07) is 18.8. The lowest BCUT2D eigenvalue weighted by Crippen LogP contribution is -2.51. The van der Waals surface area contributed by atoms with Crippen LogP contribution >= 0.6 is 12.4 Å². The SMILES string of the molecule is Cl.NCCCNC(=O)[C@@H](Cc1ccc2ccccc2c1)NC(=O)C1CCN(C(=O)c2ccc(F)cc2)CC1. The highest BCUT2D eigenvalue weighted by atomic mass is 35.5. The first kappa shape index (κ1) is 29.1. The van der Waals surface area contributed by atoms with Gasteiger partial charge in [0.1, 0.15) is 11.9 Å². The normalized spacial score (nSPS) is 14.4. The predicted molar refractivity (Wildman–Crippen MR) is 149 cm³/mol. The number of nitrogens with zero attached hydrogens (tertiary/aromatic N) is 1. The third-order valence-electron chi connectivity index (χ3n) is 6.81. The van der Waals surface area contributed by atoms with Crippen LogP contribution in [-0.4, -0.2) is 54.8 Å². The second-order valence-corrected chi connectivity index (χ2v) is 9.45. The molecule has 7 nitrogen and oxygen atoms in total. The largest absolute Gasteiger partial charge is 0.354 e. The quantitative estimate of drug-likeness (QED) is 0.362. The number of fused-ring (bicyclic) bond motifs is 1. The van der Waals surface area contributed by atoms with Gasteiger partial charge in [-0.2, -0.15) is 0 Å². The molecular weight excluding hydrogens is 507 g/mol. The van der Waals surface area contributed by atoms with Crippen LogP contribution in [0, 0.1) is 11.7 Å². The van der Waals surface area contributed by atoms with Crippen molar-refractivity contribution in [2.24, 2.45) is 11.7 Å². The Hall–Kier alpha value is -3.49. The Balaban J connectivity index is 0.00000400. The van der Waals surface area contributed by atoms with Gasteiger partial charge >= 0.3 is 0 Å². The summed E-state index contributed by atoms with van der Waals surface area (Å²) in [5, 5.41) is 8.03. The predicted octanol–water partition coefficient (Wildman–Crippen LogP) is 3.45. The number of piperidine rings is 1. The number of carbonyl (C=O) groups is 3. The molecular formula is C29H34ClFN4O3. The van der Waals surface area contributed by atoms with Crippen LogP contribution in [0.15, 0.2) is 66.7 Å². The van der Waals surface area contributed by atoms with Gasteiger partial charge in [0.2, 0.25) is 11.8 Å². The maximum Gasteiger partial charge on any atom is 0.253 e. The van der Waals surface area contributed by atoms with E-state index in [0.29, 0.717) is 57.4 Å². The number of rotatable bonds is 9. The minimum absolute atomic E-state index is 0. The van der Waals surface area contributed by atoms with Crippen LogP contribution in [0.4, 0.5) is 4.39 Å². The standard InChI is InChI=1S/C29H33FN4O3.ClH/c30-25-10-8-23(9-11-25)29(37)34-16-12-22(13-17-34)27(35)33-26(28(36)32-15-3-14-31)19-20-6-7-21-4-1-2-5-24(21)18-20;/h1-2,4-11,18,22,26H,3,12-17,19,31H2,(H,32,36)(H,33,35);1H/t26-;/m1./s1. The van der Waals surface area contributed by atoms with Crippen molar-refractivity contribution >= 4 is 40.9 Å². The summed E-state index contributed by atoms with van der Waals surface area (Å²) >= 11 is 0. The van der Waals surface area contributed by atoms with Gasteiger partial charge in [-0.15, -0.1) is 12.4 Å². The van der Waals surface area contributed by atoms with Gasteiger partial charge in [-0.05, 0) is 66.4 Å². The molecule has 1 aliphatic heterocycles. The number of benzene rings is 3. The van der Waals surface area contributed by atoms with Gasteiger partial charge in [0, 0.05) is 37.5 Å². The molecule has 1 saturated heterocycles. The molecule has 3 amide bonds. The molecule has 38 heavy (non-hydrogen) atoms. The van der Waals surface area contributed by atoms with Gasteiger partial charge in [0.15, 0.2) is 0 Å². The number of amides is 3. The Bertz CT molecular complexity index is 1250. The van der Waals surface area contributed by atoms with E-state index in [-0.39, 0.29) is 36.0 Å². The average Bonchev–Trinajstić information content (AvgIpc) is 2.92. The fourth-order valence-corrected chi connectivity index (χ4v) is 4.66. The van der Waals surface area contributed by atoms with Crippen molar-refractivity contribution in [3.05, 3.63) is 83.7 Å². The maximum absolute atomic E-state index is 13.2. The molecule has 1 aliphatic rings. The molecule has 1 fully saturated rings. The van der Waals surface area contributed by atoms with Gasteiger partial charge < -0.3 is 21.3 Å². The minimum Gasteiger partial charge on any atom is -0.354 e. The van der Waals surface area contributed by atoms with Crippen molar-refractivity contribution in [1.82, 2.24) is 15.5 Å². The first-order valence-corrected chi connectivity index (χ1v) is 12.8. The molecule has 0 bridgehead atoms. The molecule has 202 valence electrons. The van der Waals surface area contributed by atoms with Crippen LogP contribution in [0.3, 0.4) is 0 Å². The van der Waals surface area contributed by atoms with Crippen LogP contribution in [0.5, 0.6) is 0 Å². The highest BCUT2D eigenvalue weighted by Gasteiger charge is 2.30. The Kier molecular flexibility index (Phi) is 10.6. The Labute approximate surface area is 228 Å². The number of hydrogen-bond donors (Lipinski definition) is 3. The van der Waals surface area contributed by atoms with E-state index in [2.05, 4.69) is 10.6 Å². The summed E-state index contributed by atoms with van der Waals surface area (Å²) in [4.78, 5) is 40.6. The fourth-order valence-electron chi connectivity index (χ4n) is 4.66. The van der Waals surface area contributed by atoms with Crippen molar-refractivity contribution in [3.63, 3.8) is 0 Å². The van der Waals surface area contributed by atoms with E-state index in [1.807, 2.05) is 42.5 Å². The summed E-state index contributed by atoms with van der Waals surface area (Å²) in [7, 11) is 0. The Morgan fingerprint density at radius 3 is 2.34 bits per heavy atom. The molecule has 0 unspecified atom stereocenters. The lowest BCUT2D eigenvalue weighted by atomic mass is 9.94. The second-order valence-electron chi connectivity index (χ2n) is 9.45. The maximum atomic E-state index is 13.2. The van der Waals surface area contributed by atoms with E-state index in [0.717, 1.165) is 16.3 Å². The first-order chi connectivity index (χ1) is 17.9. The van der Waals surface area contributed by atoms with Crippen molar-refractivity contribution < 1.29 is 18.8 Å². The van der Waals surface area contributed by atoms with Gasteiger partial charge in [-0.25, -0.2) is 4.39 Å². The molecule has 0 aliphatic carbocycles. The van der Waals surface area contributed by atoms with Gasteiger partial charge in [-0.3, -0.25) is 14.4 Å². The van der Waals surface area contributed by atoms with E-state index in [1.54, 1.807) is 4.90 Å². The lowest BCUT2D eigenvalue weighted by Gasteiger charge is -2.32. The molecule has 1 atom stereocenters. The summed E-state index contributed by atoms with van der Waals surface area (Å²) in [6.45, 7) is 1.76. The van der Waals surface area contributed by atoms with Crippen molar-refractivity contribution in [2.45, 2.75) is 31.7 Å². The summed E-state index contributed by atoms with van der Waals surface area (Å²) in [6.07, 6.45) is 2.02. The van der Waals surface area contributed by atoms with Crippen LogP contribution in [-0.2, 0) is 16.0 Å². The van der Waals surface area contributed by atoms with Gasteiger partial charge in [0.05, 0.1) is 0 Å². The number of carbonyl (C=O) groups excluding carboxylic acids is 3. The Morgan fingerprint density at radius 1 is 0.974 bits per heavy atom. The third kappa shape index (κ3) is 7.52. The summed E-state index contributed by atoms with van der Waals surface area (Å²) < 4.78 is 13.2. The average molecular weight is 541 g/mol. The van der Waals surface area contributed by atoms with E-state index in [9.17, 15) is 18.8 Å². The molecule has 0 saturated carbocycles. The van der Waals surface area contributed by atoms with Crippen molar-refractivity contribution in [3.8, 4) is 0 Å². The number of halogens is 2. The highest BCUT2D eigenvalue weighted by molar-refractivity contribution is 5.94. The molecule has 3 aromatic rings. The minimum atomic E-state index is -0.717. The smallest absolute Gasteiger partial charge is 0.253 e. The zero-order valence-corrected chi connectivity index (χ0v) is 22.0. The Morgan fingerprint density at radius 2 is 1.66 bits per heavy atom. The van der Waals surface area contributed by atoms with Gasteiger partial charge in [-0.1, -0.05) is 42.5 Å². The molecule has 9 heteroatoms. The molecule has 0 aromatic heterocycles.